The van der Waals surface area contributed by atoms with Gasteiger partial charge in [0.05, 0.1) is 12.1 Å². The molecule has 0 radical (unpaired) electrons. The number of hydrogen-bond donors (Lipinski definition) is 2. The Bertz CT molecular complexity index is 516. The molecule has 1 aliphatic heterocycles. The highest BCUT2D eigenvalue weighted by Gasteiger charge is 2.22. The molecule has 122 valence electrons. The lowest BCUT2D eigenvalue weighted by Crippen LogP contribution is -2.37. The number of nitrogens with one attached hydrogen (secondary N) is 1. The van der Waals surface area contributed by atoms with Gasteiger partial charge < -0.3 is 20.1 Å². The second-order valence-electron chi connectivity index (χ2n) is 5.64. The van der Waals surface area contributed by atoms with E-state index in [9.17, 15) is 14.3 Å². The average molecular weight is 310 g/mol. The summed E-state index contributed by atoms with van der Waals surface area (Å²) in [5, 5.41) is 12.4. The van der Waals surface area contributed by atoms with Crippen LogP contribution in [0.5, 0.6) is 0 Å². The third-order valence-corrected chi connectivity index (χ3v) is 3.91. The van der Waals surface area contributed by atoms with Crippen molar-refractivity contribution in [2.75, 3.05) is 31.7 Å². The van der Waals surface area contributed by atoms with Crippen molar-refractivity contribution in [3.8, 4) is 0 Å². The van der Waals surface area contributed by atoms with Crippen LogP contribution in [0.2, 0.25) is 0 Å². The topological polar surface area (TPSA) is 61.8 Å². The molecule has 1 amide bonds. The molecule has 1 atom stereocenters. The van der Waals surface area contributed by atoms with Crippen LogP contribution in [-0.4, -0.2) is 43.9 Å². The number of amides is 1. The SMILES string of the molecule is COCC(=O)NC(C)c1cc(F)ccc1N1CCC(O)CC1. The summed E-state index contributed by atoms with van der Waals surface area (Å²) in [6.45, 7) is 3.24. The van der Waals surface area contributed by atoms with Crippen LogP contribution in [-0.2, 0) is 9.53 Å². The molecule has 5 nitrogen and oxygen atoms in total. The minimum atomic E-state index is -0.330. The Hall–Kier alpha value is -1.66. The molecule has 1 aromatic carbocycles. The van der Waals surface area contributed by atoms with E-state index in [2.05, 4.69) is 10.2 Å². The number of nitrogens with zero attached hydrogens (tertiary/aromatic N) is 1. The van der Waals surface area contributed by atoms with Gasteiger partial charge in [0.15, 0.2) is 0 Å². The van der Waals surface area contributed by atoms with Crippen molar-refractivity contribution >= 4 is 11.6 Å². The predicted molar refractivity (Wildman–Crippen MR) is 82.3 cm³/mol. The third-order valence-electron chi connectivity index (χ3n) is 3.91. The Labute approximate surface area is 130 Å². The van der Waals surface area contributed by atoms with E-state index in [0.717, 1.165) is 24.3 Å². The fourth-order valence-corrected chi connectivity index (χ4v) is 2.76. The zero-order chi connectivity index (χ0) is 16.1. The quantitative estimate of drug-likeness (QED) is 0.867. The maximum atomic E-state index is 13.6. The Kier molecular flexibility index (Phi) is 5.74. The number of halogens is 1. The second kappa shape index (κ2) is 7.56. The summed E-state index contributed by atoms with van der Waals surface area (Å²) in [5.41, 5.74) is 1.64. The molecule has 6 heteroatoms. The van der Waals surface area contributed by atoms with Crippen molar-refractivity contribution in [3.05, 3.63) is 29.6 Å². The summed E-state index contributed by atoms with van der Waals surface area (Å²) in [7, 11) is 1.46. The van der Waals surface area contributed by atoms with Crippen LogP contribution in [0, 0.1) is 5.82 Å². The summed E-state index contributed by atoms with van der Waals surface area (Å²) < 4.78 is 18.4. The molecular weight excluding hydrogens is 287 g/mol. The van der Waals surface area contributed by atoms with E-state index in [1.165, 1.54) is 19.2 Å². The molecule has 2 rings (SSSR count). The third kappa shape index (κ3) is 4.18. The van der Waals surface area contributed by atoms with E-state index in [4.69, 9.17) is 4.74 Å². The molecule has 1 aliphatic rings. The highest BCUT2D eigenvalue weighted by Crippen LogP contribution is 2.29. The number of hydrogen-bond acceptors (Lipinski definition) is 4. The number of aliphatic hydroxyl groups is 1. The number of anilines is 1. The summed E-state index contributed by atoms with van der Waals surface area (Å²) in [4.78, 5) is 13.8. The van der Waals surface area contributed by atoms with Gasteiger partial charge in [-0.25, -0.2) is 4.39 Å². The number of aliphatic hydroxyl groups excluding tert-OH is 1. The summed E-state index contributed by atoms with van der Waals surface area (Å²) >= 11 is 0. The molecule has 0 aliphatic carbocycles. The molecule has 1 saturated heterocycles. The van der Waals surface area contributed by atoms with Crippen LogP contribution < -0.4 is 10.2 Å². The van der Waals surface area contributed by atoms with Gasteiger partial charge in [-0.1, -0.05) is 0 Å². The molecule has 1 aromatic rings. The minimum absolute atomic E-state index is 0.0229. The normalized spacial score (nSPS) is 17.4. The monoisotopic (exact) mass is 310 g/mol. The molecule has 2 N–H and O–H groups in total. The van der Waals surface area contributed by atoms with Crippen molar-refractivity contribution in [2.45, 2.75) is 31.9 Å². The van der Waals surface area contributed by atoms with Gasteiger partial charge >= 0.3 is 0 Å². The van der Waals surface area contributed by atoms with E-state index in [1.54, 1.807) is 6.07 Å². The van der Waals surface area contributed by atoms with Gasteiger partial charge in [-0.05, 0) is 38.0 Å². The highest BCUT2D eigenvalue weighted by atomic mass is 19.1. The fraction of sp³-hybridized carbons (Fsp3) is 0.562. The second-order valence-corrected chi connectivity index (χ2v) is 5.64. The molecule has 1 unspecified atom stereocenters. The van der Waals surface area contributed by atoms with Crippen LogP contribution in [0.25, 0.3) is 0 Å². The van der Waals surface area contributed by atoms with Gasteiger partial charge in [0.1, 0.15) is 12.4 Å². The molecule has 0 saturated carbocycles. The summed E-state index contributed by atoms with van der Waals surface area (Å²) in [6, 6.07) is 4.30. The number of ether oxygens (including phenoxy) is 1. The molecule has 1 fully saturated rings. The van der Waals surface area contributed by atoms with Crippen molar-refractivity contribution in [3.63, 3.8) is 0 Å². The Morgan fingerprint density at radius 1 is 1.50 bits per heavy atom. The zero-order valence-corrected chi connectivity index (χ0v) is 13.0. The van der Waals surface area contributed by atoms with Crippen molar-refractivity contribution < 1.29 is 19.0 Å². The lowest BCUT2D eigenvalue weighted by molar-refractivity contribution is -0.125. The smallest absolute Gasteiger partial charge is 0.246 e. The van der Waals surface area contributed by atoms with E-state index in [1.807, 2.05) is 6.92 Å². The fourth-order valence-electron chi connectivity index (χ4n) is 2.76. The van der Waals surface area contributed by atoms with E-state index in [0.29, 0.717) is 12.8 Å². The number of piperidine rings is 1. The van der Waals surface area contributed by atoms with Crippen LogP contribution in [0.4, 0.5) is 10.1 Å². The van der Waals surface area contributed by atoms with Gasteiger partial charge in [0.2, 0.25) is 5.91 Å². The lowest BCUT2D eigenvalue weighted by Gasteiger charge is -2.34. The Morgan fingerprint density at radius 2 is 2.18 bits per heavy atom. The van der Waals surface area contributed by atoms with Crippen LogP contribution >= 0.6 is 0 Å². The first-order valence-corrected chi connectivity index (χ1v) is 7.52. The first-order valence-electron chi connectivity index (χ1n) is 7.52. The molecule has 0 aromatic heterocycles. The Morgan fingerprint density at radius 3 is 2.82 bits per heavy atom. The standard InChI is InChI=1S/C16H23FN2O3/c1-11(18-16(21)10-22-2)14-9-12(17)3-4-15(14)19-7-5-13(20)6-8-19/h3-4,9,11,13,20H,5-8,10H2,1-2H3,(H,18,21). The van der Waals surface area contributed by atoms with Crippen LogP contribution in [0.3, 0.4) is 0 Å². The van der Waals surface area contributed by atoms with E-state index >= 15 is 0 Å². The number of benzene rings is 1. The van der Waals surface area contributed by atoms with Crippen molar-refractivity contribution in [2.24, 2.45) is 0 Å². The van der Waals surface area contributed by atoms with Crippen molar-refractivity contribution in [1.82, 2.24) is 5.32 Å². The molecular formula is C16H23FN2O3. The first-order chi connectivity index (χ1) is 10.5. The highest BCUT2D eigenvalue weighted by molar-refractivity contribution is 5.78. The zero-order valence-electron chi connectivity index (χ0n) is 13.0. The van der Waals surface area contributed by atoms with Gasteiger partial charge in [-0.3, -0.25) is 4.79 Å². The lowest BCUT2D eigenvalue weighted by atomic mass is 10.0. The van der Waals surface area contributed by atoms with Crippen molar-refractivity contribution in [1.29, 1.82) is 0 Å². The predicted octanol–water partition coefficient (Wildman–Crippen LogP) is 1.61. The largest absolute Gasteiger partial charge is 0.393 e. The molecule has 1 heterocycles. The molecule has 0 spiro atoms. The summed E-state index contributed by atoms with van der Waals surface area (Å²) in [6.07, 6.45) is 1.13. The minimum Gasteiger partial charge on any atom is -0.393 e. The summed E-state index contributed by atoms with van der Waals surface area (Å²) in [5.74, 6) is -0.567. The molecule has 0 bridgehead atoms. The van der Waals surface area contributed by atoms with Gasteiger partial charge in [-0.2, -0.15) is 0 Å². The van der Waals surface area contributed by atoms with Crippen LogP contribution in [0.15, 0.2) is 18.2 Å². The van der Waals surface area contributed by atoms with Crippen LogP contribution in [0.1, 0.15) is 31.4 Å². The number of carbonyl (C=O) groups is 1. The van der Waals surface area contributed by atoms with Gasteiger partial charge in [0.25, 0.3) is 0 Å². The van der Waals surface area contributed by atoms with E-state index < -0.39 is 0 Å². The molecule has 22 heavy (non-hydrogen) atoms. The Balaban J connectivity index is 2.18. The average Bonchev–Trinajstić information content (AvgIpc) is 2.48. The van der Waals surface area contributed by atoms with Gasteiger partial charge in [0, 0.05) is 31.5 Å². The number of rotatable bonds is 5. The first kappa shape index (κ1) is 16.7. The maximum Gasteiger partial charge on any atom is 0.246 e. The van der Waals surface area contributed by atoms with E-state index in [-0.39, 0.29) is 30.5 Å². The number of methoxy groups -OCH3 is 1. The van der Waals surface area contributed by atoms with Gasteiger partial charge in [-0.15, -0.1) is 0 Å². The number of carbonyl (C=O) groups excluding carboxylic acids is 1. The maximum absolute atomic E-state index is 13.6.